The highest BCUT2D eigenvalue weighted by Gasteiger charge is 2.39. The van der Waals surface area contributed by atoms with Crippen LogP contribution in [-0.2, 0) is 19.9 Å². The molecule has 0 saturated heterocycles. The molecular formula is C35H44N4O5. The van der Waals surface area contributed by atoms with Crippen molar-refractivity contribution in [1.82, 2.24) is 20.9 Å². The summed E-state index contributed by atoms with van der Waals surface area (Å²) in [6.07, 6.45) is 3.59. The molecule has 0 aliphatic heterocycles. The number of carbonyl (C=O) groups excluding carboxylic acids is 3. The molecule has 0 saturated carbocycles. The largest absolute Gasteiger partial charge is 0.465 e. The van der Waals surface area contributed by atoms with Crippen LogP contribution in [-0.4, -0.2) is 60.0 Å². The number of unbranched alkanes of at least 4 members (excludes halogenated alkanes) is 4. The van der Waals surface area contributed by atoms with Crippen molar-refractivity contribution in [3.8, 4) is 0 Å². The van der Waals surface area contributed by atoms with Gasteiger partial charge in [-0.3, -0.25) is 14.4 Å². The fourth-order valence-corrected chi connectivity index (χ4v) is 5.29. The van der Waals surface area contributed by atoms with E-state index in [1.54, 1.807) is 0 Å². The highest BCUT2D eigenvalue weighted by Crippen LogP contribution is 2.37. The highest BCUT2D eigenvalue weighted by atomic mass is 16.4. The first-order chi connectivity index (χ1) is 21.3. The molecule has 1 unspecified atom stereocenters. The quantitative estimate of drug-likeness (QED) is 0.127. The van der Waals surface area contributed by atoms with Crippen LogP contribution in [0.25, 0.3) is 0 Å². The van der Waals surface area contributed by atoms with Crippen LogP contribution in [0.1, 0.15) is 68.6 Å². The predicted octanol–water partition coefficient (Wildman–Crippen LogP) is 5.06. The van der Waals surface area contributed by atoms with Crippen molar-refractivity contribution in [1.29, 1.82) is 0 Å². The summed E-state index contributed by atoms with van der Waals surface area (Å²) in [7, 11) is 1.52. The molecule has 0 heterocycles. The van der Waals surface area contributed by atoms with Gasteiger partial charge in [0.2, 0.25) is 17.7 Å². The number of likely N-dealkylation sites (N-methyl/N-ethyl adjacent to an activating group) is 1. The van der Waals surface area contributed by atoms with Gasteiger partial charge in [0.25, 0.3) is 0 Å². The Morgan fingerprint density at radius 2 is 1.25 bits per heavy atom. The Kier molecular flexibility index (Phi) is 13.4. The summed E-state index contributed by atoms with van der Waals surface area (Å²) < 4.78 is 0. The normalized spacial score (nSPS) is 11.7. The molecule has 3 aromatic carbocycles. The Bertz CT molecular complexity index is 1240. The van der Waals surface area contributed by atoms with E-state index in [9.17, 15) is 19.2 Å². The van der Waals surface area contributed by atoms with Gasteiger partial charge in [0.15, 0.2) is 0 Å². The van der Waals surface area contributed by atoms with Crippen molar-refractivity contribution in [2.75, 3.05) is 20.1 Å². The van der Waals surface area contributed by atoms with E-state index < -0.39 is 29.5 Å². The fourth-order valence-electron chi connectivity index (χ4n) is 5.29. The summed E-state index contributed by atoms with van der Waals surface area (Å²) in [5.74, 6) is -1.21. The molecule has 0 bridgehead atoms. The van der Waals surface area contributed by atoms with Crippen LogP contribution in [0, 0.1) is 0 Å². The van der Waals surface area contributed by atoms with Gasteiger partial charge in [-0.2, -0.15) is 0 Å². The zero-order valence-corrected chi connectivity index (χ0v) is 25.6. The maximum Gasteiger partial charge on any atom is 0.404 e. The molecule has 0 aliphatic carbocycles. The molecule has 4 N–H and O–H groups in total. The number of hydrogen-bond donors (Lipinski definition) is 4. The summed E-state index contributed by atoms with van der Waals surface area (Å²) in [6, 6.07) is 27.8. The summed E-state index contributed by atoms with van der Waals surface area (Å²) in [5, 5.41) is 17.2. The lowest BCUT2D eigenvalue weighted by molar-refractivity contribution is -0.137. The van der Waals surface area contributed by atoms with Gasteiger partial charge in [-0.05, 0) is 23.1 Å². The molecule has 4 amide bonds. The highest BCUT2D eigenvalue weighted by molar-refractivity contribution is 5.92. The van der Waals surface area contributed by atoms with E-state index in [-0.39, 0.29) is 31.8 Å². The molecule has 0 aromatic heterocycles. The first-order valence-electron chi connectivity index (χ1n) is 15.3. The molecular weight excluding hydrogens is 556 g/mol. The number of rotatable bonds is 17. The number of benzene rings is 3. The summed E-state index contributed by atoms with van der Waals surface area (Å²) in [5.41, 5.74) is 1.43. The third-order valence-corrected chi connectivity index (χ3v) is 7.58. The van der Waals surface area contributed by atoms with Gasteiger partial charge in [0, 0.05) is 26.6 Å². The molecule has 1 atom stereocenters. The Labute approximate surface area is 260 Å². The van der Waals surface area contributed by atoms with Crippen molar-refractivity contribution in [2.45, 2.75) is 63.5 Å². The smallest absolute Gasteiger partial charge is 0.404 e. The standard InChI is InChI=1S/C35H44N4O5/c1-3-4-5-6-16-23-31(40)37-30(33(42)39(2)25-24-36-34(43)44)26-32(41)38-35(27-17-10-7-11-18-27,28-19-12-8-13-20-28)29-21-14-9-15-22-29/h7-15,17-22,30,36H,3-6,16,23-26H2,1-2H3,(H,37,40)(H,38,41)(H,43,44). The molecule has 3 rings (SSSR count). The van der Waals surface area contributed by atoms with E-state index in [0.29, 0.717) is 6.42 Å². The first-order valence-corrected chi connectivity index (χ1v) is 15.3. The molecule has 3 aromatic rings. The predicted molar refractivity (Wildman–Crippen MR) is 171 cm³/mol. The number of carbonyl (C=O) groups is 4. The number of hydrogen-bond acceptors (Lipinski definition) is 4. The van der Waals surface area contributed by atoms with Crippen molar-refractivity contribution in [3.05, 3.63) is 108 Å². The second kappa shape index (κ2) is 17.5. The van der Waals surface area contributed by atoms with Gasteiger partial charge < -0.3 is 26.0 Å². The summed E-state index contributed by atoms with van der Waals surface area (Å²) in [6.45, 7) is 2.22. The number of amides is 4. The van der Waals surface area contributed by atoms with Gasteiger partial charge in [-0.15, -0.1) is 0 Å². The van der Waals surface area contributed by atoms with Crippen LogP contribution < -0.4 is 16.0 Å². The van der Waals surface area contributed by atoms with E-state index in [0.717, 1.165) is 42.4 Å². The van der Waals surface area contributed by atoms with Crippen LogP contribution in [0.2, 0.25) is 0 Å². The Hall–Kier alpha value is -4.66. The lowest BCUT2D eigenvalue weighted by Crippen LogP contribution is -2.53. The van der Waals surface area contributed by atoms with Gasteiger partial charge >= 0.3 is 6.09 Å². The summed E-state index contributed by atoms with van der Waals surface area (Å²) >= 11 is 0. The average Bonchev–Trinajstić information content (AvgIpc) is 3.04. The minimum atomic E-state index is -1.20. The van der Waals surface area contributed by atoms with Gasteiger partial charge in [0.05, 0.1) is 6.42 Å². The van der Waals surface area contributed by atoms with E-state index in [1.165, 1.54) is 11.9 Å². The SMILES string of the molecule is CCCCCCCC(=O)NC(CC(=O)NC(c1ccccc1)(c1ccccc1)c1ccccc1)C(=O)N(C)CCNC(=O)O. The Morgan fingerprint density at radius 3 is 1.73 bits per heavy atom. The van der Waals surface area contributed by atoms with Crippen molar-refractivity contribution < 1.29 is 24.3 Å². The van der Waals surface area contributed by atoms with E-state index in [4.69, 9.17) is 5.11 Å². The minimum Gasteiger partial charge on any atom is -0.465 e. The topological polar surface area (TPSA) is 128 Å². The van der Waals surface area contributed by atoms with Gasteiger partial charge in [-0.1, -0.05) is 124 Å². The van der Waals surface area contributed by atoms with E-state index in [2.05, 4.69) is 22.9 Å². The maximum atomic E-state index is 14.0. The van der Waals surface area contributed by atoms with Crippen molar-refractivity contribution >= 4 is 23.8 Å². The van der Waals surface area contributed by atoms with Gasteiger partial charge in [-0.25, -0.2) is 4.79 Å². The second-order valence-electron chi connectivity index (χ2n) is 10.9. The monoisotopic (exact) mass is 600 g/mol. The summed E-state index contributed by atoms with van der Waals surface area (Å²) in [4.78, 5) is 52.7. The molecule has 44 heavy (non-hydrogen) atoms. The van der Waals surface area contributed by atoms with Gasteiger partial charge in [0.1, 0.15) is 11.6 Å². The van der Waals surface area contributed by atoms with Crippen LogP contribution in [0.15, 0.2) is 91.0 Å². The van der Waals surface area contributed by atoms with Crippen molar-refractivity contribution in [3.63, 3.8) is 0 Å². The van der Waals surface area contributed by atoms with E-state index in [1.807, 2.05) is 91.0 Å². The number of carboxylic acid groups (broad SMARTS) is 1. The average molecular weight is 601 g/mol. The first kappa shape index (κ1) is 33.8. The molecule has 0 spiro atoms. The van der Waals surface area contributed by atoms with Crippen LogP contribution in [0.4, 0.5) is 4.79 Å². The van der Waals surface area contributed by atoms with Crippen LogP contribution >= 0.6 is 0 Å². The molecule has 9 heteroatoms. The van der Waals surface area contributed by atoms with Crippen LogP contribution in [0.5, 0.6) is 0 Å². The lowest BCUT2D eigenvalue weighted by atomic mass is 9.77. The molecule has 0 radical (unpaired) electrons. The Morgan fingerprint density at radius 1 is 0.750 bits per heavy atom. The number of nitrogens with one attached hydrogen (secondary N) is 3. The maximum absolute atomic E-state index is 14.0. The molecule has 0 aliphatic rings. The molecule has 234 valence electrons. The third kappa shape index (κ3) is 9.69. The zero-order chi connectivity index (χ0) is 31.8. The molecule has 0 fully saturated rings. The lowest BCUT2D eigenvalue weighted by Gasteiger charge is -2.37. The number of nitrogens with zero attached hydrogens (tertiary/aromatic N) is 1. The molecule has 9 nitrogen and oxygen atoms in total. The third-order valence-electron chi connectivity index (χ3n) is 7.58. The van der Waals surface area contributed by atoms with Crippen molar-refractivity contribution in [2.24, 2.45) is 0 Å². The zero-order valence-electron chi connectivity index (χ0n) is 25.6. The Balaban J connectivity index is 1.91. The van der Waals surface area contributed by atoms with E-state index >= 15 is 0 Å². The van der Waals surface area contributed by atoms with Crippen LogP contribution in [0.3, 0.4) is 0 Å². The fraction of sp³-hybridized carbons (Fsp3) is 0.371. The minimum absolute atomic E-state index is 0.0149. The second-order valence-corrected chi connectivity index (χ2v) is 10.9.